The van der Waals surface area contributed by atoms with Gasteiger partial charge < -0.3 is 5.32 Å². The van der Waals surface area contributed by atoms with Gasteiger partial charge in [0.05, 0.1) is 0 Å². The van der Waals surface area contributed by atoms with Crippen LogP contribution in [-0.4, -0.2) is 16.0 Å². The molecule has 4 heteroatoms. The number of anilines is 1. The Morgan fingerprint density at radius 3 is 2.72 bits per heavy atom. The highest BCUT2D eigenvalue weighted by Crippen LogP contribution is 2.12. The lowest BCUT2D eigenvalue weighted by Crippen LogP contribution is -2.16. The van der Waals surface area contributed by atoms with Crippen LogP contribution in [0.5, 0.6) is 0 Å². The fourth-order valence-electron chi connectivity index (χ4n) is 1.76. The van der Waals surface area contributed by atoms with Crippen LogP contribution in [0.3, 0.4) is 0 Å². The minimum Gasteiger partial charge on any atom is -0.367 e. The van der Waals surface area contributed by atoms with E-state index in [0.717, 1.165) is 23.3 Å². The van der Waals surface area contributed by atoms with Crippen LogP contribution in [0, 0.1) is 0 Å². The molecule has 0 fully saturated rings. The first-order chi connectivity index (χ1) is 8.74. The first kappa shape index (κ1) is 13.0. The Kier molecular flexibility index (Phi) is 4.70. The van der Waals surface area contributed by atoms with Gasteiger partial charge >= 0.3 is 0 Å². The van der Waals surface area contributed by atoms with Gasteiger partial charge in [-0.3, -0.25) is 0 Å². The summed E-state index contributed by atoms with van der Waals surface area (Å²) in [7, 11) is 0. The lowest BCUT2D eigenvalue weighted by Gasteiger charge is -2.14. The molecular formula is C14H16BrN3. The number of aryl methyl sites for hydroxylation is 1. The molecule has 1 N–H and O–H groups in total. The maximum Gasteiger partial charge on any atom is 0.130 e. The summed E-state index contributed by atoms with van der Waals surface area (Å²) in [5.41, 5.74) is 1.37. The quantitative estimate of drug-likeness (QED) is 0.856. The Bertz CT molecular complexity index is 487. The summed E-state index contributed by atoms with van der Waals surface area (Å²) < 4.78 is 0.801. The molecule has 0 aliphatic heterocycles. The third-order valence-corrected chi connectivity index (χ3v) is 3.17. The Morgan fingerprint density at radius 2 is 2.00 bits per heavy atom. The van der Waals surface area contributed by atoms with Crippen LogP contribution in [0.1, 0.15) is 18.9 Å². The van der Waals surface area contributed by atoms with Gasteiger partial charge in [0.15, 0.2) is 0 Å². The van der Waals surface area contributed by atoms with Crippen LogP contribution in [0.15, 0.2) is 47.3 Å². The molecular weight excluding hydrogens is 290 g/mol. The van der Waals surface area contributed by atoms with Crippen LogP contribution in [0.2, 0.25) is 0 Å². The van der Waals surface area contributed by atoms with Gasteiger partial charge in [0.2, 0.25) is 0 Å². The molecule has 1 unspecified atom stereocenters. The fourth-order valence-corrected chi connectivity index (χ4v) is 2.07. The summed E-state index contributed by atoms with van der Waals surface area (Å²) in [6.07, 6.45) is 3.70. The van der Waals surface area contributed by atoms with E-state index in [-0.39, 0.29) is 0 Å². The molecule has 3 nitrogen and oxygen atoms in total. The first-order valence-corrected chi connectivity index (χ1v) is 6.81. The van der Waals surface area contributed by atoms with Crippen LogP contribution in [0.4, 0.5) is 5.82 Å². The smallest absolute Gasteiger partial charge is 0.130 e. The topological polar surface area (TPSA) is 37.8 Å². The summed E-state index contributed by atoms with van der Waals surface area (Å²) in [6, 6.07) is 12.8. The molecule has 0 amide bonds. The van der Waals surface area contributed by atoms with Crippen molar-refractivity contribution in [2.75, 3.05) is 5.32 Å². The van der Waals surface area contributed by atoms with E-state index >= 15 is 0 Å². The van der Waals surface area contributed by atoms with E-state index in [9.17, 15) is 0 Å². The minimum absolute atomic E-state index is 0.381. The molecule has 1 heterocycles. The monoisotopic (exact) mass is 305 g/mol. The predicted molar refractivity (Wildman–Crippen MR) is 77.6 cm³/mol. The van der Waals surface area contributed by atoms with E-state index in [1.54, 1.807) is 6.33 Å². The normalized spacial score (nSPS) is 12.1. The highest BCUT2D eigenvalue weighted by atomic mass is 79.9. The number of benzene rings is 1. The molecule has 0 spiro atoms. The summed E-state index contributed by atoms with van der Waals surface area (Å²) in [5, 5.41) is 3.37. The molecule has 0 saturated heterocycles. The predicted octanol–water partition coefficient (Wildman–Crippen LogP) is 3.67. The molecule has 0 bridgehead atoms. The van der Waals surface area contributed by atoms with Gasteiger partial charge in [0.1, 0.15) is 16.7 Å². The summed E-state index contributed by atoms with van der Waals surface area (Å²) >= 11 is 3.34. The second kappa shape index (κ2) is 6.50. The summed E-state index contributed by atoms with van der Waals surface area (Å²) in [5.74, 6) is 0.859. The number of hydrogen-bond acceptors (Lipinski definition) is 3. The average Bonchev–Trinajstić information content (AvgIpc) is 2.38. The van der Waals surface area contributed by atoms with E-state index in [1.165, 1.54) is 5.56 Å². The molecule has 1 atom stereocenters. The Balaban J connectivity index is 1.84. The Morgan fingerprint density at radius 1 is 1.22 bits per heavy atom. The van der Waals surface area contributed by atoms with E-state index in [0.29, 0.717) is 6.04 Å². The van der Waals surface area contributed by atoms with Gasteiger partial charge in [0.25, 0.3) is 0 Å². The van der Waals surface area contributed by atoms with Gasteiger partial charge in [0, 0.05) is 12.1 Å². The van der Waals surface area contributed by atoms with Crippen LogP contribution >= 0.6 is 15.9 Å². The lowest BCUT2D eigenvalue weighted by molar-refractivity contribution is 0.702. The average molecular weight is 306 g/mol. The molecule has 2 aromatic rings. The molecule has 0 aliphatic rings. The van der Waals surface area contributed by atoms with Crippen LogP contribution in [0.25, 0.3) is 0 Å². The van der Waals surface area contributed by atoms with Gasteiger partial charge in [-0.2, -0.15) is 0 Å². The second-order valence-corrected chi connectivity index (χ2v) is 5.11. The standard InChI is InChI=1S/C14H16BrN3/c1-11(7-8-12-5-3-2-4-6-12)18-14-9-13(15)16-10-17-14/h2-6,9-11H,7-8H2,1H3,(H,16,17,18). The van der Waals surface area contributed by atoms with E-state index in [2.05, 4.69) is 62.4 Å². The molecule has 18 heavy (non-hydrogen) atoms. The molecule has 0 aliphatic carbocycles. The highest BCUT2D eigenvalue weighted by Gasteiger charge is 2.04. The molecule has 2 rings (SSSR count). The second-order valence-electron chi connectivity index (χ2n) is 4.30. The fraction of sp³-hybridized carbons (Fsp3) is 0.286. The maximum atomic E-state index is 4.18. The van der Waals surface area contributed by atoms with Crippen LogP contribution < -0.4 is 5.32 Å². The van der Waals surface area contributed by atoms with Crippen molar-refractivity contribution in [3.8, 4) is 0 Å². The van der Waals surface area contributed by atoms with Gasteiger partial charge in [-0.25, -0.2) is 9.97 Å². The number of aromatic nitrogens is 2. The molecule has 1 aromatic heterocycles. The van der Waals surface area contributed by atoms with E-state index in [1.807, 2.05) is 12.1 Å². The Labute approximate surface area is 116 Å². The zero-order valence-electron chi connectivity index (χ0n) is 10.3. The van der Waals surface area contributed by atoms with Gasteiger partial charge in [-0.1, -0.05) is 30.3 Å². The van der Waals surface area contributed by atoms with Crippen molar-refractivity contribution in [2.45, 2.75) is 25.8 Å². The molecule has 0 radical (unpaired) electrons. The molecule has 1 aromatic carbocycles. The zero-order valence-corrected chi connectivity index (χ0v) is 11.9. The summed E-state index contributed by atoms with van der Waals surface area (Å²) in [6.45, 7) is 2.17. The molecule has 0 saturated carbocycles. The lowest BCUT2D eigenvalue weighted by atomic mass is 10.1. The minimum atomic E-state index is 0.381. The van der Waals surface area contributed by atoms with Crippen molar-refractivity contribution in [3.05, 3.63) is 52.9 Å². The highest BCUT2D eigenvalue weighted by molar-refractivity contribution is 9.10. The molecule has 94 valence electrons. The van der Waals surface area contributed by atoms with Gasteiger partial charge in [-0.15, -0.1) is 0 Å². The Hall–Kier alpha value is -1.42. The number of nitrogens with zero attached hydrogens (tertiary/aromatic N) is 2. The number of nitrogens with one attached hydrogen (secondary N) is 1. The third kappa shape index (κ3) is 4.11. The number of hydrogen-bond donors (Lipinski definition) is 1. The van der Waals surface area contributed by atoms with Crippen molar-refractivity contribution in [3.63, 3.8) is 0 Å². The van der Waals surface area contributed by atoms with Crippen molar-refractivity contribution in [1.82, 2.24) is 9.97 Å². The van der Waals surface area contributed by atoms with Crippen molar-refractivity contribution >= 4 is 21.7 Å². The van der Waals surface area contributed by atoms with E-state index < -0.39 is 0 Å². The maximum absolute atomic E-state index is 4.18. The summed E-state index contributed by atoms with van der Waals surface area (Å²) in [4.78, 5) is 8.19. The number of rotatable bonds is 5. The van der Waals surface area contributed by atoms with Crippen molar-refractivity contribution in [2.24, 2.45) is 0 Å². The van der Waals surface area contributed by atoms with Crippen molar-refractivity contribution < 1.29 is 0 Å². The van der Waals surface area contributed by atoms with Crippen LogP contribution in [-0.2, 0) is 6.42 Å². The zero-order chi connectivity index (χ0) is 12.8. The number of halogens is 1. The largest absolute Gasteiger partial charge is 0.367 e. The van der Waals surface area contributed by atoms with Crippen molar-refractivity contribution in [1.29, 1.82) is 0 Å². The first-order valence-electron chi connectivity index (χ1n) is 6.02. The SMILES string of the molecule is CC(CCc1ccccc1)Nc1cc(Br)ncn1. The van der Waals surface area contributed by atoms with Gasteiger partial charge in [-0.05, 0) is 41.3 Å². The third-order valence-electron chi connectivity index (χ3n) is 2.74. The van der Waals surface area contributed by atoms with E-state index in [4.69, 9.17) is 0 Å².